The van der Waals surface area contributed by atoms with Crippen LogP contribution < -0.4 is 0 Å². The van der Waals surface area contributed by atoms with E-state index in [1.165, 1.54) is 15.1 Å². The summed E-state index contributed by atoms with van der Waals surface area (Å²) in [6.45, 7) is 2.14. The molecule has 13 heavy (non-hydrogen) atoms. The van der Waals surface area contributed by atoms with E-state index in [0.717, 1.165) is 11.9 Å². The average molecular weight is 212 g/mol. The first-order valence-corrected chi connectivity index (χ1v) is 5.62. The van der Waals surface area contributed by atoms with Crippen LogP contribution in [-0.2, 0) is 12.3 Å². The number of thiophene rings is 1. The number of rotatable bonds is 2. The molecule has 0 radical (unpaired) electrons. The maximum Gasteiger partial charge on any atom is 0.0813 e. The lowest BCUT2D eigenvalue weighted by Gasteiger charge is -1.93. The van der Waals surface area contributed by atoms with E-state index < -0.39 is 0 Å². The minimum absolute atomic E-state index is 0.586. The van der Waals surface area contributed by atoms with Crippen molar-refractivity contribution in [1.29, 1.82) is 0 Å². The highest BCUT2D eigenvalue weighted by Crippen LogP contribution is 2.25. The van der Waals surface area contributed by atoms with Gasteiger partial charge in [-0.2, -0.15) is 0 Å². The zero-order chi connectivity index (χ0) is 9.26. The number of aromatic nitrogens is 1. The molecule has 0 aromatic carbocycles. The van der Waals surface area contributed by atoms with Gasteiger partial charge in [0.1, 0.15) is 0 Å². The molecule has 0 atom stereocenters. The van der Waals surface area contributed by atoms with Crippen LogP contribution in [0, 0.1) is 0 Å². The summed E-state index contributed by atoms with van der Waals surface area (Å²) in [4.78, 5) is 5.56. The fourth-order valence-electron chi connectivity index (χ4n) is 1.27. The molecule has 0 saturated heterocycles. The predicted octanol–water partition coefficient (Wildman–Crippen LogP) is 3.60. The number of halogens is 1. The molecule has 2 rings (SSSR count). The van der Waals surface area contributed by atoms with Gasteiger partial charge in [-0.15, -0.1) is 22.9 Å². The van der Waals surface area contributed by atoms with Crippen molar-refractivity contribution >= 4 is 33.2 Å². The van der Waals surface area contributed by atoms with Crippen molar-refractivity contribution in [3.8, 4) is 0 Å². The Morgan fingerprint density at radius 3 is 3.00 bits per heavy atom. The third-order valence-electron chi connectivity index (χ3n) is 2.02. The van der Waals surface area contributed by atoms with Crippen LogP contribution in [0.4, 0.5) is 0 Å². The largest absolute Gasteiger partial charge is 0.255 e. The summed E-state index contributed by atoms with van der Waals surface area (Å²) in [5.74, 6) is 0.586. The first-order chi connectivity index (χ1) is 6.33. The molecule has 0 saturated carbocycles. The lowest BCUT2D eigenvalue weighted by molar-refractivity contribution is 1.12. The van der Waals surface area contributed by atoms with Gasteiger partial charge in [-0.1, -0.05) is 6.92 Å². The van der Waals surface area contributed by atoms with Crippen LogP contribution in [0.1, 0.15) is 17.4 Å². The highest BCUT2D eigenvalue weighted by molar-refractivity contribution is 7.19. The van der Waals surface area contributed by atoms with Gasteiger partial charge < -0.3 is 0 Å². The summed E-state index contributed by atoms with van der Waals surface area (Å²) in [5, 5.41) is 0. The second-order valence-electron chi connectivity index (χ2n) is 2.93. The van der Waals surface area contributed by atoms with Gasteiger partial charge in [-0.05, 0) is 24.1 Å². The number of fused-ring (bicyclic) bond motifs is 1. The zero-order valence-corrected chi connectivity index (χ0v) is 8.95. The minimum Gasteiger partial charge on any atom is -0.255 e. The maximum atomic E-state index is 5.75. The highest BCUT2D eigenvalue weighted by atomic mass is 35.5. The van der Waals surface area contributed by atoms with E-state index in [4.69, 9.17) is 11.6 Å². The van der Waals surface area contributed by atoms with Gasteiger partial charge >= 0.3 is 0 Å². The van der Waals surface area contributed by atoms with E-state index in [9.17, 15) is 0 Å². The smallest absolute Gasteiger partial charge is 0.0813 e. The lowest BCUT2D eigenvalue weighted by Crippen LogP contribution is -1.80. The average Bonchev–Trinajstić information content (AvgIpc) is 2.58. The van der Waals surface area contributed by atoms with Gasteiger partial charge in [-0.25, -0.2) is 0 Å². The summed E-state index contributed by atoms with van der Waals surface area (Å²) in [6.07, 6.45) is 2.98. The third-order valence-corrected chi connectivity index (χ3v) is 3.53. The number of alkyl halides is 1. The molecule has 2 aromatic rings. The second kappa shape index (κ2) is 3.64. The number of hydrogen-bond donors (Lipinski definition) is 0. The molecule has 0 unspecified atom stereocenters. The van der Waals surface area contributed by atoms with Gasteiger partial charge in [0.05, 0.1) is 16.1 Å². The zero-order valence-electron chi connectivity index (χ0n) is 7.38. The molecule has 68 valence electrons. The van der Waals surface area contributed by atoms with Crippen molar-refractivity contribution in [3.63, 3.8) is 0 Å². The van der Waals surface area contributed by atoms with Gasteiger partial charge in [0, 0.05) is 11.1 Å². The normalized spacial score (nSPS) is 10.9. The van der Waals surface area contributed by atoms with E-state index in [2.05, 4.69) is 24.0 Å². The number of hydrogen-bond acceptors (Lipinski definition) is 2. The first-order valence-electron chi connectivity index (χ1n) is 4.26. The Kier molecular flexibility index (Phi) is 2.51. The molecule has 0 aliphatic carbocycles. The molecule has 0 spiro atoms. The van der Waals surface area contributed by atoms with Gasteiger partial charge in [-0.3, -0.25) is 4.98 Å². The summed E-state index contributed by atoms with van der Waals surface area (Å²) in [7, 11) is 0. The molecule has 2 aromatic heterocycles. The Morgan fingerprint density at radius 1 is 1.46 bits per heavy atom. The van der Waals surface area contributed by atoms with Gasteiger partial charge in [0.15, 0.2) is 0 Å². The molecular weight excluding hydrogens is 202 g/mol. The Labute approximate surface area is 86.4 Å². The molecule has 0 aliphatic rings. The quantitative estimate of drug-likeness (QED) is 0.692. The van der Waals surface area contributed by atoms with Crippen LogP contribution in [0.2, 0.25) is 0 Å². The topological polar surface area (TPSA) is 12.9 Å². The van der Waals surface area contributed by atoms with Crippen LogP contribution >= 0.6 is 22.9 Å². The van der Waals surface area contributed by atoms with Crippen LogP contribution in [-0.4, -0.2) is 4.98 Å². The number of nitrogens with zero attached hydrogens (tertiary/aromatic N) is 1. The van der Waals surface area contributed by atoms with E-state index in [1.807, 2.05) is 6.20 Å². The summed E-state index contributed by atoms with van der Waals surface area (Å²) in [5.41, 5.74) is 2.35. The molecule has 0 fully saturated rings. The van der Waals surface area contributed by atoms with Crippen molar-refractivity contribution < 1.29 is 0 Å². The molecule has 0 bridgehead atoms. The van der Waals surface area contributed by atoms with E-state index in [-0.39, 0.29) is 0 Å². The molecule has 0 N–H and O–H groups in total. The van der Waals surface area contributed by atoms with E-state index in [1.54, 1.807) is 11.3 Å². The molecule has 0 aliphatic heterocycles. The SMILES string of the molecule is CCc1cnc2cc(CCl)sc2c1. The van der Waals surface area contributed by atoms with Gasteiger partial charge in [0.25, 0.3) is 0 Å². The summed E-state index contributed by atoms with van der Waals surface area (Å²) in [6, 6.07) is 4.26. The predicted molar refractivity (Wildman–Crippen MR) is 58.6 cm³/mol. The second-order valence-corrected chi connectivity index (χ2v) is 4.36. The summed E-state index contributed by atoms with van der Waals surface area (Å²) < 4.78 is 1.25. The Bertz CT molecular complexity index is 420. The third kappa shape index (κ3) is 1.69. The van der Waals surface area contributed by atoms with Gasteiger partial charge in [0.2, 0.25) is 0 Å². The minimum atomic E-state index is 0.586. The van der Waals surface area contributed by atoms with Crippen LogP contribution in [0.3, 0.4) is 0 Å². The molecule has 1 nitrogen and oxygen atoms in total. The lowest BCUT2D eigenvalue weighted by atomic mass is 10.2. The van der Waals surface area contributed by atoms with E-state index in [0.29, 0.717) is 5.88 Å². The fourth-order valence-corrected chi connectivity index (χ4v) is 2.44. The van der Waals surface area contributed by atoms with E-state index >= 15 is 0 Å². The van der Waals surface area contributed by atoms with Crippen molar-refractivity contribution in [2.45, 2.75) is 19.2 Å². The van der Waals surface area contributed by atoms with Crippen LogP contribution in [0.15, 0.2) is 18.3 Å². The fraction of sp³-hybridized carbons (Fsp3) is 0.300. The van der Waals surface area contributed by atoms with Crippen LogP contribution in [0.25, 0.3) is 10.2 Å². The molecule has 0 amide bonds. The van der Waals surface area contributed by atoms with Crippen molar-refractivity contribution in [3.05, 3.63) is 28.8 Å². The molecule has 3 heteroatoms. The summed E-state index contributed by atoms with van der Waals surface area (Å²) >= 11 is 7.49. The Balaban J connectivity index is 2.57. The Hall–Kier alpha value is -0.600. The highest BCUT2D eigenvalue weighted by Gasteiger charge is 2.02. The monoisotopic (exact) mass is 211 g/mol. The standard InChI is InChI=1S/C10H10ClNS/c1-2-7-3-10-9(12-6-7)4-8(5-11)13-10/h3-4,6H,2,5H2,1H3. The maximum absolute atomic E-state index is 5.75. The van der Waals surface area contributed by atoms with Crippen molar-refractivity contribution in [1.82, 2.24) is 4.98 Å². The first kappa shape index (κ1) is 8.97. The number of pyridine rings is 1. The van der Waals surface area contributed by atoms with Crippen LogP contribution in [0.5, 0.6) is 0 Å². The van der Waals surface area contributed by atoms with Crippen molar-refractivity contribution in [2.75, 3.05) is 0 Å². The molecule has 2 heterocycles. The molecular formula is C10H10ClNS. The van der Waals surface area contributed by atoms with Crippen molar-refractivity contribution in [2.24, 2.45) is 0 Å². The Morgan fingerprint density at radius 2 is 2.31 bits per heavy atom. The number of aryl methyl sites for hydroxylation is 1.